The van der Waals surface area contributed by atoms with Crippen molar-refractivity contribution in [3.63, 3.8) is 0 Å². The molecule has 0 fully saturated rings. The van der Waals surface area contributed by atoms with Gasteiger partial charge in [-0.1, -0.05) is 30.3 Å². The first-order chi connectivity index (χ1) is 13.3. The van der Waals surface area contributed by atoms with Crippen molar-refractivity contribution in [1.82, 2.24) is 14.9 Å². The highest BCUT2D eigenvalue weighted by atomic mass is 32.1. The first kappa shape index (κ1) is 16.4. The van der Waals surface area contributed by atoms with Gasteiger partial charge >= 0.3 is 0 Å². The second kappa shape index (κ2) is 7.10. The Balaban J connectivity index is 1.30. The number of rotatable bonds is 4. The molecule has 1 aromatic carbocycles. The number of hydrogen-bond acceptors (Lipinski definition) is 5. The van der Waals surface area contributed by atoms with Gasteiger partial charge in [-0.05, 0) is 23.6 Å². The van der Waals surface area contributed by atoms with Crippen LogP contribution in [-0.2, 0) is 19.5 Å². The van der Waals surface area contributed by atoms with Crippen molar-refractivity contribution >= 4 is 11.3 Å². The Morgan fingerprint density at radius 3 is 2.81 bits per heavy atom. The Morgan fingerprint density at radius 1 is 1.04 bits per heavy atom. The third kappa shape index (κ3) is 3.44. The molecule has 0 N–H and O–H groups in total. The molecule has 134 valence electrons. The molecule has 0 spiro atoms. The minimum Gasteiger partial charge on any atom is -0.460 e. The van der Waals surface area contributed by atoms with E-state index >= 15 is 0 Å². The van der Waals surface area contributed by atoms with Crippen molar-refractivity contribution < 1.29 is 4.42 Å². The molecule has 4 aromatic rings. The molecule has 5 heteroatoms. The number of thiophene rings is 1. The SMILES string of the molecule is c1ccc(-c2ncc3c(n2)CCN(Cc2ccc(-c4ccsc4)o2)C3)cc1. The maximum Gasteiger partial charge on any atom is 0.159 e. The Labute approximate surface area is 162 Å². The molecule has 0 amide bonds. The second-order valence-corrected chi connectivity index (χ2v) is 7.55. The van der Waals surface area contributed by atoms with E-state index in [2.05, 4.69) is 51.0 Å². The van der Waals surface area contributed by atoms with Crippen molar-refractivity contribution in [3.8, 4) is 22.7 Å². The highest BCUT2D eigenvalue weighted by molar-refractivity contribution is 7.08. The van der Waals surface area contributed by atoms with Crippen LogP contribution in [0.3, 0.4) is 0 Å². The minimum atomic E-state index is 0.810. The molecule has 1 aliphatic heterocycles. The summed E-state index contributed by atoms with van der Waals surface area (Å²) in [5.74, 6) is 2.76. The zero-order valence-electron chi connectivity index (χ0n) is 14.8. The number of furan rings is 1. The Kier molecular flexibility index (Phi) is 4.32. The fourth-order valence-electron chi connectivity index (χ4n) is 3.48. The zero-order chi connectivity index (χ0) is 18.1. The number of fused-ring (bicyclic) bond motifs is 1. The topological polar surface area (TPSA) is 42.2 Å². The van der Waals surface area contributed by atoms with Crippen molar-refractivity contribution in [2.75, 3.05) is 6.54 Å². The average Bonchev–Trinajstić information content (AvgIpc) is 3.40. The first-order valence-electron chi connectivity index (χ1n) is 9.09. The molecule has 0 radical (unpaired) electrons. The van der Waals surface area contributed by atoms with Crippen molar-refractivity contribution in [2.45, 2.75) is 19.5 Å². The summed E-state index contributed by atoms with van der Waals surface area (Å²) in [6.07, 6.45) is 2.92. The molecule has 0 aliphatic carbocycles. The molecule has 3 aromatic heterocycles. The standard InChI is InChI=1S/C22H19N3OS/c1-2-4-16(5-3-1)22-23-12-18-13-25(10-8-20(18)24-22)14-19-6-7-21(26-19)17-9-11-27-15-17/h1-7,9,11-12,15H,8,10,13-14H2. The summed E-state index contributed by atoms with van der Waals surface area (Å²) in [5, 5.41) is 4.18. The average molecular weight is 373 g/mol. The summed E-state index contributed by atoms with van der Waals surface area (Å²) in [6.45, 7) is 2.65. The van der Waals surface area contributed by atoms with Crippen LogP contribution in [0.4, 0.5) is 0 Å². The van der Waals surface area contributed by atoms with E-state index in [4.69, 9.17) is 9.40 Å². The Bertz CT molecular complexity index is 1040. The lowest BCUT2D eigenvalue weighted by Crippen LogP contribution is -2.30. The van der Waals surface area contributed by atoms with Crippen LogP contribution < -0.4 is 0 Å². The van der Waals surface area contributed by atoms with Crippen LogP contribution in [0.5, 0.6) is 0 Å². The van der Waals surface area contributed by atoms with Crippen molar-refractivity contribution in [3.05, 3.63) is 82.5 Å². The molecule has 5 rings (SSSR count). The summed E-state index contributed by atoms with van der Waals surface area (Å²) in [7, 11) is 0. The third-order valence-corrected chi connectivity index (χ3v) is 5.57. The summed E-state index contributed by atoms with van der Waals surface area (Å²) in [4.78, 5) is 11.8. The normalized spacial score (nSPS) is 14.2. The summed E-state index contributed by atoms with van der Waals surface area (Å²) in [5.41, 5.74) is 4.60. The van der Waals surface area contributed by atoms with Gasteiger partial charge in [0.15, 0.2) is 5.82 Å². The molecule has 0 saturated carbocycles. The van der Waals surface area contributed by atoms with E-state index in [0.717, 1.165) is 54.5 Å². The van der Waals surface area contributed by atoms with E-state index in [1.54, 1.807) is 11.3 Å². The highest BCUT2D eigenvalue weighted by Gasteiger charge is 2.20. The largest absolute Gasteiger partial charge is 0.460 e. The summed E-state index contributed by atoms with van der Waals surface area (Å²) < 4.78 is 6.03. The lowest BCUT2D eigenvalue weighted by atomic mass is 10.1. The molecule has 1 aliphatic rings. The quantitative estimate of drug-likeness (QED) is 0.503. The number of benzene rings is 1. The monoisotopic (exact) mass is 373 g/mol. The molecule has 4 heterocycles. The van der Waals surface area contributed by atoms with Gasteiger partial charge in [-0.3, -0.25) is 4.90 Å². The smallest absolute Gasteiger partial charge is 0.159 e. The van der Waals surface area contributed by atoms with Gasteiger partial charge in [-0.15, -0.1) is 0 Å². The van der Waals surface area contributed by atoms with Gasteiger partial charge in [-0.25, -0.2) is 9.97 Å². The van der Waals surface area contributed by atoms with Crippen LogP contribution in [0.25, 0.3) is 22.7 Å². The molecule has 0 unspecified atom stereocenters. The van der Waals surface area contributed by atoms with Gasteiger partial charge in [0.05, 0.1) is 12.2 Å². The van der Waals surface area contributed by atoms with Crippen LogP contribution >= 0.6 is 11.3 Å². The fourth-order valence-corrected chi connectivity index (χ4v) is 4.12. The Hall–Kier alpha value is -2.76. The summed E-state index contributed by atoms with van der Waals surface area (Å²) in [6, 6.07) is 16.4. The van der Waals surface area contributed by atoms with Gasteiger partial charge in [0, 0.05) is 47.8 Å². The third-order valence-electron chi connectivity index (χ3n) is 4.89. The van der Waals surface area contributed by atoms with Crippen LogP contribution in [-0.4, -0.2) is 21.4 Å². The van der Waals surface area contributed by atoms with Crippen molar-refractivity contribution in [2.24, 2.45) is 0 Å². The maximum atomic E-state index is 6.03. The van der Waals surface area contributed by atoms with Gasteiger partial charge in [-0.2, -0.15) is 11.3 Å². The predicted molar refractivity (Wildman–Crippen MR) is 107 cm³/mol. The molecule has 0 atom stereocenters. The van der Waals surface area contributed by atoms with Crippen LogP contribution in [0.2, 0.25) is 0 Å². The fraction of sp³-hybridized carbons (Fsp3) is 0.182. The highest BCUT2D eigenvalue weighted by Crippen LogP contribution is 2.26. The van der Waals surface area contributed by atoms with E-state index in [1.807, 2.05) is 24.4 Å². The Morgan fingerprint density at radius 2 is 1.96 bits per heavy atom. The molecular weight excluding hydrogens is 354 g/mol. The summed E-state index contributed by atoms with van der Waals surface area (Å²) >= 11 is 1.69. The number of aromatic nitrogens is 2. The predicted octanol–water partition coefficient (Wildman–Crippen LogP) is 5.02. The van der Waals surface area contributed by atoms with Crippen molar-refractivity contribution in [1.29, 1.82) is 0 Å². The van der Waals surface area contributed by atoms with Gasteiger partial charge < -0.3 is 4.42 Å². The molecular formula is C22H19N3OS. The van der Waals surface area contributed by atoms with Crippen LogP contribution in [0.15, 0.2) is 69.9 Å². The maximum absolute atomic E-state index is 6.03. The molecule has 0 saturated heterocycles. The number of nitrogens with zero attached hydrogens (tertiary/aromatic N) is 3. The molecule has 27 heavy (non-hydrogen) atoms. The minimum absolute atomic E-state index is 0.810. The first-order valence-corrected chi connectivity index (χ1v) is 10.0. The molecule has 4 nitrogen and oxygen atoms in total. The molecule has 0 bridgehead atoms. The lowest BCUT2D eigenvalue weighted by molar-refractivity contribution is 0.224. The van der Waals surface area contributed by atoms with Crippen LogP contribution in [0.1, 0.15) is 17.0 Å². The van der Waals surface area contributed by atoms with E-state index in [-0.39, 0.29) is 0 Å². The van der Waals surface area contributed by atoms with Gasteiger partial charge in [0.1, 0.15) is 11.5 Å². The second-order valence-electron chi connectivity index (χ2n) is 6.77. The zero-order valence-corrected chi connectivity index (χ0v) is 15.7. The lowest BCUT2D eigenvalue weighted by Gasteiger charge is -2.27. The number of hydrogen-bond donors (Lipinski definition) is 0. The van der Waals surface area contributed by atoms with E-state index in [1.165, 1.54) is 11.3 Å². The van der Waals surface area contributed by atoms with Gasteiger partial charge in [0.25, 0.3) is 0 Å². The van der Waals surface area contributed by atoms with E-state index in [9.17, 15) is 0 Å². The van der Waals surface area contributed by atoms with E-state index < -0.39 is 0 Å². The van der Waals surface area contributed by atoms with Crippen LogP contribution in [0, 0.1) is 0 Å². The van der Waals surface area contributed by atoms with E-state index in [0.29, 0.717) is 0 Å². The van der Waals surface area contributed by atoms with Gasteiger partial charge in [0.2, 0.25) is 0 Å².